The summed E-state index contributed by atoms with van der Waals surface area (Å²) in [6, 6.07) is 4.51. The van der Waals surface area contributed by atoms with Crippen LogP contribution in [0.1, 0.15) is 12.5 Å². The highest BCUT2D eigenvalue weighted by molar-refractivity contribution is 9.10. The summed E-state index contributed by atoms with van der Waals surface area (Å²) in [5.41, 5.74) is 0.345. The first kappa shape index (κ1) is 11.9. The topological polar surface area (TPSA) is 26.3 Å². The van der Waals surface area contributed by atoms with Crippen molar-refractivity contribution < 1.29 is 13.9 Å². The lowest BCUT2D eigenvalue weighted by Gasteiger charge is -1.98. The Kier molecular flexibility index (Phi) is 4.49. The van der Waals surface area contributed by atoms with Gasteiger partial charge in [0.15, 0.2) is 0 Å². The highest BCUT2D eigenvalue weighted by atomic mass is 79.9. The molecule has 0 radical (unpaired) electrons. The van der Waals surface area contributed by atoms with Gasteiger partial charge in [-0.3, -0.25) is 0 Å². The van der Waals surface area contributed by atoms with Gasteiger partial charge in [-0.1, -0.05) is 15.9 Å². The van der Waals surface area contributed by atoms with E-state index in [0.717, 1.165) is 4.47 Å². The Morgan fingerprint density at radius 1 is 1.60 bits per heavy atom. The van der Waals surface area contributed by atoms with Gasteiger partial charge in [0.05, 0.1) is 6.61 Å². The van der Waals surface area contributed by atoms with Gasteiger partial charge < -0.3 is 4.74 Å². The molecule has 0 fully saturated rings. The molecular weight excluding hydrogens is 263 g/mol. The van der Waals surface area contributed by atoms with Crippen LogP contribution in [0.3, 0.4) is 0 Å². The van der Waals surface area contributed by atoms with Crippen molar-refractivity contribution in [3.63, 3.8) is 0 Å². The quantitative estimate of drug-likeness (QED) is 0.624. The fourth-order valence-electron chi connectivity index (χ4n) is 0.991. The standard InChI is InChI=1S/C11H10BrFO2/c1-2-15-11(14)6-3-8-7-9(12)4-5-10(8)13/h3-7H,2H2,1H3/b6-3+. The molecule has 0 amide bonds. The minimum atomic E-state index is -0.475. The highest BCUT2D eigenvalue weighted by Crippen LogP contribution is 2.16. The van der Waals surface area contributed by atoms with E-state index in [1.165, 1.54) is 18.2 Å². The van der Waals surface area contributed by atoms with E-state index in [1.54, 1.807) is 19.1 Å². The normalized spacial score (nSPS) is 10.6. The smallest absolute Gasteiger partial charge is 0.330 e. The lowest BCUT2D eigenvalue weighted by Crippen LogP contribution is -1.98. The second kappa shape index (κ2) is 5.66. The van der Waals surface area contributed by atoms with Crippen molar-refractivity contribution >= 4 is 28.0 Å². The number of ether oxygens (including phenoxy) is 1. The van der Waals surface area contributed by atoms with Gasteiger partial charge in [0.25, 0.3) is 0 Å². The molecule has 0 aliphatic heterocycles. The molecule has 0 aromatic heterocycles. The van der Waals surface area contributed by atoms with Gasteiger partial charge in [0.2, 0.25) is 0 Å². The number of esters is 1. The van der Waals surface area contributed by atoms with Crippen LogP contribution in [0.25, 0.3) is 6.08 Å². The molecule has 0 N–H and O–H groups in total. The zero-order valence-corrected chi connectivity index (χ0v) is 9.75. The summed E-state index contributed by atoms with van der Waals surface area (Å²) in [6.45, 7) is 2.02. The molecule has 0 saturated heterocycles. The van der Waals surface area contributed by atoms with E-state index in [1.807, 2.05) is 0 Å². The molecular formula is C11H10BrFO2. The Morgan fingerprint density at radius 3 is 3.00 bits per heavy atom. The van der Waals surface area contributed by atoms with Crippen molar-refractivity contribution in [1.82, 2.24) is 0 Å². The zero-order chi connectivity index (χ0) is 11.3. The maximum absolute atomic E-state index is 13.2. The molecule has 0 bridgehead atoms. The van der Waals surface area contributed by atoms with Crippen molar-refractivity contribution in [3.05, 3.63) is 40.1 Å². The fourth-order valence-corrected chi connectivity index (χ4v) is 1.37. The summed E-state index contributed by atoms with van der Waals surface area (Å²) < 4.78 is 18.6. The van der Waals surface area contributed by atoms with Crippen LogP contribution in [0.2, 0.25) is 0 Å². The van der Waals surface area contributed by atoms with E-state index in [9.17, 15) is 9.18 Å². The average Bonchev–Trinajstić information content (AvgIpc) is 2.20. The number of hydrogen-bond acceptors (Lipinski definition) is 2. The summed E-state index contributed by atoms with van der Waals surface area (Å²) in [4.78, 5) is 11.0. The molecule has 15 heavy (non-hydrogen) atoms. The summed E-state index contributed by atoms with van der Waals surface area (Å²) in [7, 11) is 0. The lowest BCUT2D eigenvalue weighted by atomic mass is 10.2. The van der Waals surface area contributed by atoms with E-state index in [0.29, 0.717) is 12.2 Å². The lowest BCUT2D eigenvalue weighted by molar-refractivity contribution is -0.137. The Hall–Kier alpha value is -1.16. The number of rotatable bonds is 3. The van der Waals surface area contributed by atoms with Crippen molar-refractivity contribution in [3.8, 4) is 0 Å². The van der Waals surface area contributed by atoms with Gasteiger partial charge in [-0.25, -0.2) is 9.18 Å². The van der Waals surface area contributed by atoms with E-state index in [2.05, 4.69) is 20.7 Å². The molecule has 2 nitrogen and oxygen atoms in total. The van der Waals surface area contributed by atoms with Crippen molar-refractivity contribution in [1.29, 1.82) is 0 Å². The maximum atomic E-state index is 13.2. The van der Waals surface area contributed by atoms with E-state index in [-0.39, 0.29) is 5.82 Å². The number of benzene rings is 1. The third kappa shape index (κ3) is 3.83. The molecule has 0 aliphatic carbocycles. The first-order valence-electron chi connectivity index (χ1n) is 4.43. The third-order valence-corrected chi connectivity index (χ3v) is 2.14. The molecule has 80 valence electrons. The van der Waals surface area contributed by atoms with Gasteiger partial charge >= 0.3 is 5.97 Å². The monoisotopic (exact) mass is 272 g/mol. The van der Waals surface area contributed by atoms with Crippen LogP contribution in [-0.2, 0) is 9.53 Å². The minimum Gasteiger partial charge on any atom is -0.463 e. The van der Waals surface area contributed by atoms with Crippen LogP contribution in [0.15, 0.2) is 28.7 Å². The SMILES string of the molecule is CCOC(=O)/C=C/c1cc(Br)ccc1F. The highest BCUT2D eigenvalue weighted by Gasteiger charge is 2.00. The summed E-state index contributed by atoms with van der Waals surface area (Å²) in [5.74, 6) is -0.851. The van der Waals surface area contributed by atoms with Crippen molar-refractivity contribution in [2.45, 2.75) is 6.92 Å². The Morgan fingerprint density at radius 2 is 2.33 bits per heavy atom. The van der Waals surface area contributed by atoms with Crippen LogP contribution in [0.5, 0.6) is 0 Å². The largest absolute Gasteiger partial charge is 0.463 e. The number of carbonyl (C=O) groups is 1. The zero-order valence-electron chi connectivity index (χ0n) is 8.17. The van der Waals surface area contributed by atoms with Crippen molar-refractivity contribution in [2.24, 2.45) is 0 Å². The van der Waals surface area contributed by atoms with E-state index < -0.39 is 5.97 Å². The van der Waals surface area contributed by atoms with E-state index in [4.69, 9.17) is 0 Å². The van der Waals surface area contributed by atoms with Gasteiger partial charge in [0, 0.05) is 16.1 Å². The van der Waals surface area contributed by atoms with Gasteiger partial charge in [0.1, 0.15) is 5.82 Å². The van der Waals surface area contributed by atoms with Crippen LogP contribution in [0, 0.1) is 5.82 Å². The second-order valence-corrected chi connectivity index (χ2v) is 3.67. The Labute approximate surface area is 95.9 Å². The molecule has 0 saturated carbocycles. The fraction of sp³-hybridized carbons (Fsp3) is 0.182. The third-order valence-electron chi connectivity index (χ3n) is 1.64. The second-order valence-electron chi connectivity index (χ2n) is 2.75. The Balaban J connectivity index is 2.79. The molecule has 0 atom stereocenters. The summed E-state index contributed by atoms with van der Waals surface area (Å²) in [5, 5.41) is 0. The molecule has 0 spiro atoms. The van der Waals surface area contributed by atoms with Crippen molar-refractivity contribution in [2.75, 3.05) is 6.61 Å². The predicted molar refractivity (Wildman–Crippen MR) is 59.8 cm³/mol. The number of halogens is 2. The first-order chi connectivity index (χ1) is 7.13. The molecule has 0 unspecified atom stereocenters. The Bertz CT molecular complexity index is 388. The van der Waals surface area contributed by atoms with Crippen LogP contribution in [0.4, 0.5) is 4.39 Å². The summed E-state index contributed by atoms with van der Waals surface area (Å²) in [6.07, 6.45) is 2.59. The molecule has 1 aromatic carbocycles. The predicted octanol–water partition coefficient (Wildman–Crippen LogP) is 3.16. The van der Waals surface area contributed by atoms with Gasteiger partial charge in [-0.15, -0.1) is 0 Å². The molecule has 0 heterocycles. The molecule has 0 aliphatic rings. The maximum Gasteiger partial charge on any atom is 0.330 e. The van der Waals surface area contributed by atoms with Gasteiger partial charge in [-0.05, 0) is 31.2 Å². The summed E-state index contributed by atoms with van der Waals surface area (Å²) >= 11 is 3.22. The van der Waals surface area contributed by atoms with Gasteiger partial charge in [-0.2, -0.15) is 0 Å². The molecule has 4 heteroatoms. The first-order valence-corrected chi connectivity index (χ1v) is 5.22. The minimum absolute atomic E-state index is 0.310. The molecule has 1 rings (SSSR count). The number of carbonyl (C=O) groups excluding carboxylic acids is 1. The molecule has 1 aromatic rings. The van der Waals surface area contributed by atoms with Crippen LogP contribution in [-0.4, -0.2) is 12.6 Å². The van der Waals surface area contributed by atoms with Crippen LogP contribution < -0.4 is 0 Å². The number of hydrogen-bond donors (Lipinski definition) is 0. The average molecular weight is 273 g/mol. The van der Waals surface area contributed by atoms with Crippen LogP contribution >= 0.6 is 15.9 Å². The van der Waals surface area contributed by atoms with E-state index >= 15 is 0 Å².